The van der Waals surface area contributed by atoms with E-state index in [1.165, 1.54) is 18.4 Å². The Morgan fingerprint density at radius 3 is 2.93 bits per heavy atom. The Morgan fingerprint density at radius 2 is 2.21 bits per heavy atom. The van der Waals surface area contributed by atoms with Gasteiger partial charge in [-0.3, -0.25) is 0 Å². The van der Waals surface area contributed by atoms with Crippen molar-refractivity contribution in [2.45, 2.75) is 64.4 Å². The molecule has 1 unspecified atom stereocenters. The molecule has 80 valence electrons. The second-order valence-corrected chi connectivity index (χ2v) is 4.42. The Morgan fingerprint density at radius 1 is 1.43 bits per heavy atom. The monoisotopic (exact) mass is 196 g/mol. The van der Waals surface area contributed by atoms with Gasteiger partial charge in [-0.1, -0.05) is 18.9 Å². The Bertz CT molecular complexity index is 247. The minimum atomic E-state index is -0.0909. The Labute approximate surface area is 86.3 Å². The lowest BCUT2D eigenvalue weighted by Crippen LogP contribution is -2.43. The molecule has 0 spiro atoms. The third-order valence-electron chi connectivity index (χ3n) is 3.62. The molecular weight excluding hydrogens is 176 g/mol. The van der Waals surface area contributed by atoms with Crippen LogP contribution in [-0.2, 0) is 9.47 Å². The van der Waals surface area contributed by atoms with Crippen molar-refractivity contribution >= 4 is 0 Å². The lowest BCUT2D eigenvalue weighted by molar-refractivity contribution is -0.0672. The molecule has 2 rings (SSSR count). The molecule has 0 aromatic carbocycles. The first-order valence-corrected chi connectivity index (χ1v) is 5.66. The standard InChI is InChI=1S/C12H20O2/c1-4-9(2)12-8-6-5-7-11(12)13-10(3)14-12/h4,10-11H,5-8H2,1-3H3/b9-4-/t10?,11-,12-/m1/s1. The van der Waals surface area contributed by atoms with Crippen LogP contribution in [-0.4, -0.2) is 18.0 Å². The van der Waals surface area contributed by atoms with Crippen molar-refractivity contribution in [3.8, 4) is 0 Å². The molecule has 0 aromatic heterocycles. The van der Waals surface area contributed by atoms with Crippen LogP contribution in [0.3, 0.4) is 0 Å². The zero-order chi connectivity index (χ0) is 10.2. The zero-order valence-electron chi connectivity index (χ0n) is 9.38. The summed E-state index contributed by atoms with van der Waals surface area (Å²) in [7, 11) is 0. The van der Waals surface area contributed by atoms with Gasteiger partial charge in [0, 0.05) is 0 Å². The molecule has 2 heteroatoms. The quantitative estimate of drug-likeness (QED) is 0.600. The third kappa shape index (κ3) is 1.41. The van der Waals surface area contributed by atoms with Gasteiger partial charge in [-0.15, -0.1) is 0 Å². The largest absolute Gasteiger partial charge is 0.346 e. The van der Waals surface area contributed by atoms with Gasteiger partial charge in [-0.05, 0) is 39.2 Å². The third-order valence-corrected chi connectivity index (χ3v) is 3.62. The van der Waals surface area contributed by atoms with Crippen molar-refractivity contribution < 1.29 is 9.47 Å². The van der Waals surface area contributed by atoms with E-state index in [1.807, 2.05) is 6.92 Å². The fourth-order valence-electron chi connectivity index (χ4n) is 2.77. The number of allylic oxidation sites excluding steroid dienone is 1. The van der Waals surface area contributed by atoms with Crippen molar-refractivity contribution in [1.29, 1.82) is 0 Å². The first-order valence-electron chi connectivity index (χ1n) is 5.66. The number of fused-ring (bicyclic) bond motifs is 1. The maximum atomic E-state index is 6.02. The van der Waals surface area contributed by atoms with Crippen LogP contribution in [0.1, 0.15) is 46.5 Å². The highest BCUT2D eigenvalue weighted by atomic mass is 16.7. The van der Waals surface area contributed by atoms with E-state index in [0.717, 1.165) is 12.8 Å². The van der Waals surface area contributed by atoms with E-state index in [9.17, 15) is 0 Å². The summed E-state index contributed by atoms with van der Waals surface area (Å²) in [4.78, 5) is 0. The van der Waals surface area contributed by atoms with E-state index in [4.69, 9.17) is 9.47 Å². The van der Waals surface area contributed by atoms with Crippen LogP contribution in [0.4, 0.5) is 0 Å². The van der Waals surface area contributed by atoms with E-state index in [-0.39, 0.29) is 11.9 Å². The summed E-state index contributed by atoms with van der Waals surface area (Å²) in [6.45, 7) is 6.25. The summed E-state index contributed by atoms with van der Waals surface area (Å²) < 4.78 is 11.8. The predicted molar refractivity (Wildman–Crippen MR) is 56.1 cm³/mol. The molecule has 14 heavy (non-hydrogen) atoms. The lowest BCUT2D eigenvalue weighted by atomic mass is 9.77. The van der Waals surface area contributed by atoms with Crippen LogP contribution in [0.15, 0.2) is 11.6 Å². The second-order valence-electron chi connectivity index (χ2n) is 4.42. The highest BCUT2D eigenvalue weighted by Crippen LogP contribution is 2.45. The van der Waals surface area contributed by atoms with Gasteiger partial charge in [-0.25, -0.2) is 0 Å². The van der Waals surface area contributed by atoms with Gasteiger partial charge < -0.3 is 9.47 Å². The predicted octanol–water partition coefficient (Wildman–Crippen LogP) is 3.03. The van der Waals surface area contributed by atoms with E-state index in [2.05, 4.69) is 19.9 Å². The lowest BCUT2D eigenvalue weighted by Gasteiger charge is -2.37. The number of hydrogen-bond donors (Lipinski definition) is 0. The molecule has 1 saturated heterocycles. The van der Waals surface area contributed by atoms with E-state index < -0.39 is 0 Å². The minimum absolute atomic E-state index is 0.0343. The maximum Gasteiger partial charge on any atom is 0.156 e. The molecule has 2 nitrogen and oxygen atoms in total. The number of hydrogen-bond acceptors (Lipinski definition) is 2. The summed E-state index contributed by atoms with van der Waals surface area (Å²) >= 11 is 0. The van der Waals surface area contributed by atoms with Gasteiger partial charge in [-0.2, -0.15) is 0 Å². The van der Waals surface area contributed by atoms with Crippen molar-refractivity contribution in [2.75, 3.05) is 0 Å². The highest BCUT2D eigenvalue weighted by molar-refractivity contribution is 5.20. The molecule has 0 aromatic rings. The molecular formula is C12H20O2. The van der Waals surface area contributed by atoms with Gasteiger partial charge in [0.2, 0.25) is 0 Å². The molecule has 0 bridgehead atoms. The summed E-state index contributed by atoms with van der Waals surface area (Å²) in [6, 6.07) is 0. The molecule has 1 saturated carbocycles. The summed E-state index contributed by atoms with van der Waals surface area (Å²) in [5.41, 5.74) is 1.25. The van der Waals surface area contributed by atoms with Crippen LogP contribution < -0.4 is 0 Å². The van der Waals surface area contributed by atoms with Crippen molar-refractivity contribution in [3.05, 3.63) is 11.6 Å². The topological polar surface area (TPSA) is 18.5 Å². The fraction of sp³-hybridized carbons (Fsp3) is 0.833. The van der Waals surface area contributed by atoms with E-state index in [1.54, 1.807) is 0 Å². The van der Waals surface area contributed by atoms with Gasteiger partial charge >= 0.3 is 0 Å². The average molecular weight is 196 g/mol. The second kappa shape index (κ2) is 3.67. The summed E-state index contributed by atoms with van der Waals surface area (Å²) in [6.07, 6.45) is 7.24. The Balaban J connectivity index is 2.27. The molecule has 0 radical (unpaired) electrons. The molecule has 0 N–H and O–H groups in total. The van der Waals surface area contributed by atoms with Gasteiger partial charge in [0.25, 0.3) is 0 Å². The first-order chi connectivity index (χ1) is 6.69. The molecule has 1 heterocycles. The molecule has 0 amide bonds. The van der Waals surface area contributed by atoms with Gasteiger partial charge in [0.05, 0.1) is 6.10 Å². The van der Waals surface area contributed by atoms with Crippen LogP contribution in [0.2, 0.25) is 0 Å². The van der Waals surface area contributed by atoms with Crippen molar-refractivity contribution in [1.82, 2.24) is 0 Å². The summed E-state index contributed by atoms with van der Waals surface area (Å²) in [5.74, 6) is 0. The van der Waals surface area contributed by atoms with Gasteiger partial charge in [0.1, 0.15) is 5.60 Å². The maximum absolute atomic E-state index is 6.02. The SMILES string of the molecule is C/C=C(/C)[C@]12CCCC[C@H]1OC(C)O2. The average Bonchev–Trinajstić information content (AvgIpc) is 2.53. The van der Waals surface area contributed by atoms with Crippen molar-refractivity contribution in [3.63, 3.8) is 0 Å². The molecule has 3 atom stereocenters. The van der Waals surface area contributed by atoms with Crippen LogP contribution >= 0.6 is 0 Å². The molecule has 2 aliphatic rings. The van der Waals surface area contributed by atoms with Crippen LogP contribution in [0, 0.1) is 0 Å². The normalized spacial score (nSPS) is 43.8. The zero-order valence-corrected chi connectivity index (χ0v) is 9.38. The van der Waals surface area contributed by atoms with E-state index >= 15 is 0 Å². The van der Waals surface area contributed by atoms with Crippen LogP contribution in [0.5, 0.6) is 0 Å². The molecule has 1 aliphatic carbocycles. The molecule has 2 fully saturated rings. The smallest absolute Gasteiger partial charge is 0.156 e. The number of rotatable bonds is 1. The Hall–Kier alpha value is -0.340. The highest BCUT2D eigenvalue weighted by Gasteiger charge is 2.50. The fourth-order valence-corrected chi connectivity index (χ4v) is 2.77. The first kappa shape index (κ1) is 10.2. The van der Waals surface area contributed by atoms with Gasteiger partial charge in [0.15, 0.2) is 6.29 Å². The Kier molecular flexibility index (Phi) is 2.67. The molecule has 1 aliphatic heterocycles. The summed E-state index contributed by atoms with van der Waals surface area (Å²) in [5, 5.41) is 0. The minimum Gasteiger partial charge on any atom is -0.346 e. The van der Waals surface area contributed by atoms with E-state index in [0.29, 0.717) is 6.10 Å². The van der Waals surface area contributed by atoms with Crippen molar-refractivity contribution in [2.24, 2.45) is 0 Å². The number of ether oxygens (including phenoxy) is 2. The van der Waals surface area contributed by atoms with Crippen LogP contribution in [0.25, 0.3) is 0 Å².